The molecule has 0 aromatic heterocycles. The van der Waals surface area contributed by atoms with Crippen molar-refractivity contribution < 1.29 is 9.29 Å². The lowest BCUT2D eigenvalue weighted by atomic mass is 10.3. The lowest BCUT2D eigenvalue weighted by Gasteiger charge is -2.33. The summed E-state index contributed by atoms with van der Waals surface area (Å²) >= 11 is 0. The molecule has 1 aliphatic heterocycles. The third-order valence-corrected chi connectivity index (χ3v) is 1.96. The van der Waals surface area contributed by atoms with Gasteiger partial charge in [-0.15, -0.1) is 0 Å². The van der Waals surface area contributed by atoms with E-state index in [4.69, 9.17) is 0 Å². The zero-order valence-electron chi connectivity index (χ0n) is 6.27. The molecule has 0 aromatic rings. The van der Waals surface area contributed by atoms with Gasteiger partial charge in [-0.25, -0.2) is 4.39 Å². The van der Waals surface area contributed by atoms with E-state index in [0.717, 1.165) is 26.2 Å². The number of nitrogens with one attached hydrogen (secondary N) is 1. The number of hydrogen-bond donors (Lipinski definition) is 1. The standard InChI is InChI=1S/C7H15FN2/c1-9-4-6-10(3-2-8)7-5-9/h9H,1-7H2. The highest BCUT2D eigenvalue weighted by molar-refractivity contribution is 4.58. The highest BCUT2D eigenvalue weighted by Gasteiger charge is 2.12. The maximum Gasteiger partial charge on any atom is 0.102 e. The summed E-state index contributed by atoms with van der Waals surface area (Å²) in [6.45, 7) is 4.51. The fourth-order valence-corrected chi connectivity index (χ4v) is 1.21. The molecule has 0 radical (unpaired) electrons. The quantitative estimate of drug-likeness (QED) is 0.488. The summed E-state index contributed by atoms with van der Waals surface area (Å²) in [5.41, 5.74) is 0. The third kappa shape index (κ3) is 2.23. The van der Waals surface area contributed by atoms with Crippen molar-refractivity contribution in [2.45, 2.75) is 0 Å². The number of hydrogen-bond acceptors (Lipinski definition) is 1. The van der Waals surface area contributed by atoms with Crippen LogP contribution in [0.1, 0.15) is 0 Å². The van der Waals surface area contributed by atoms with Crippen LogP contribution in [0.3, 0.4) is 0 Å². The van der Waals surface area contributed by atoms with Gasteiger partial charge in [0.25, 0.3) is 0 Å². The number of piperazine rings is 1. The van der Waals surface area contributed by atoms with Crippen LogP contribution in [-0.2, 0) is 0 Å². The number of quaternary nitrogens is 1. The molecule has 60 valence electrons. The Morgan fingerprint density at radius 2 is 2.00 bits per heavy atom. The van der Waals surface area contributed by atoms with Crippen molar-refractivity contribution in [3.8, 4) is 0 Å². The van der Waals surface area contributed by atoms with Gasteiger partial charge in [0, 0.05) is 19.6 Å². The second kappa shape index (κ2) is 3.88. The van der Waals surface area contributed by atoms with Gasteiger partial charge in [-0.1, -0.05) is 0 Å². The molecule has 1 fully saturated rings. The lowest BCUT2D eigenvalue weighted by Crippen LogP contribution is -3.10. The predicted molar refractivity (Wildman–Crippen MR) is 38.5 cm³/mol. The molecular weight excluding hydrogens is 131 g/mol. The smallest absolute Gasteiger partial charge is 0.102 e. The van der Waals surface area contributed by atoms with E-state index in [1.807, 2.05) is 0 Å². The predicted octanol–water partition coefficient (Wildman–Crippen LogP) is -1.05. The van der Waals surface area contributed by atoms with Crippen LogP contribution < -0.4 is 4.90 Å². The summed E-state index contributed by atoms with van der Waals surface area (Å²) in [7, 11) is 3.89. The summed E-state index contributed by atoms with van der Waals surface area (Å²) < 4.78 is 11.8. The highest BCUT2D eigenvalue weighted by Crippen LogP contribution is 1.87. The van der Waals surface area contributed by atoms with Gasteiger partial charge in [0.1, 0.15) is 6.67 Å². The molecule has 0 spiro atoms. The van der Waals surface area contributed by atoms with Gasteiger partial charge < -0.3 is 4.90 Å². The van der Waals surface area contributed by atoms with Crippen molar-refractivity contribution in [2.24, 2.45) is 0 Å². The maximum atomic E-state index is 11.8. The van der Waals surface area contributed by atoms with Gasteiger partial charge >= 0.3 is 0 Å². The molecule has 1 N–H and O–H groups in total. The Kier molecular flexibility index (Phi) is 3.09. The largest absolute Gasteiger partial charge is 0.466 e. The van der Waals surface area contributed by atoms with Crippen LogP contribution in [-0.4, -0.2) is 44.3 Å². The van der Waals surface area contributed by atoms with Crippen LogP contribution in [0, 0.1) is 7.05 Å². The summed E-state index contributed by atoms with van der Waals surface area (Å²) in [5.74, 6) is 0. The molecule has 3 heteroatoms. The first-order chi connectivity index (χ1) is 4.83. The Bertz CT molecular complexity index is 89.6. The van der Waals surface area contributed by atoms with Crippen LogP contribution in [0.2, 0.25) is 0 Å². The molecular formula is C7H15FN2. The molecule has 1 heterocycles. The Morgan fingerprint density at radius 3 is 2.50 bits per heavy atom. The molecule has 0 aromatic carbocycles. The van der Waals surface area contributed by atoms with E-state index in [-0.39, 0.29) is 6.67 Å². The molecule has 1 aliphatic rings. The Hall–Kier alpha value is -0.150. The van der Waals surface area contributed by atoms with Gasteiger partial charge in [-0.05, 0) is 0 Å². The SMILES string of the molecule is [CH2-][NH+]1CCN(CCF)CC1. The van der Waals surface area contributed by atoms with Crippen molar-refractivity contribution in [3.05, 3.63) is 7.05 Å². The van der Waals surface area contributed by atoms with Crippen molar-refractivity contribution in [1.29, 1.82) is 0 Å². The molecule has 1 saturated heterocycles. The van der Waals surface area contributed by atoms with E-state index in [1.165, 1.54) is 4.90 Å². The maximum absolute atomic E-state index is 11.8. The monoisotopic (exact) mass is 146 g/mol. The van der Waals surface area contributed by atoms with Gasteiger partial charge in [-0.3, -0.25) is 4.90 Å². The third-order valence-electron chi connectivity index (χ3n) is 1.96. The average Bonchev–Trinajstić information content (AvgIpc) is 1.95. The summed E-state index contributed by atoms with van der Waals surface area (Å²) in [6, 6.07) is 0. The molecule has 0 aliphatic carbocycles. The van der Waals surface area contributed by atoms with E-state index >= 15 is 0 Å². The molecule has 10 heavy (non-hydrogen) atoms. The summed E-state index contributed by atoms with van der Waals surface area (Å²) in [5, 5.41) is 0. The molecule has 0 amide bonds. The van der Waals surface area contributed by atoms with Crippen molar-refractivity contribution in [1.82, 2.24) is 4.90 Å². The summed E-state index contributed by atoms with van der Waals surface area (Å²) in [6.07, 6.45) is 0. The number of alkyl halides is 1. The molecule has 0 unspecified atom stereocenters. The molecule has 0 saturated carbocycles. The number of halogens is 1. The van der Waals surface area contributed by atoms with E-state index < -0.39 is 0 Å². The van der Waals surface area contributed by atoms with Crippen LogP contribution in [0.25, 0.3) is 0 Å². The molecule has 0 bridgehead atoms. The van der Waals surface area contributed by atoms with E-state index in [0.29, 0.717) is 6.54 Å². The minimum Gasteiger partial charge on any atom is -0.466 e. The van der Waals surface area contributed by atoms with Crippen molar-refractivity contribution in [2.75, 3.05) is 39.4 Å². The minimum atomic E-state index is -0.216. The zero-order valence-corrected chi connectivity index (χ0v) is 6.27. The Balaban J connectivity index is 2.13. The van der Waals surface area contributed by atoms with Crippen LogP contribution in [0.15, 0.2) is 0 Å². The van der Waals surface area contributed by atoms with Gasteiger partial charge in [-0.2, -0.15) is 7.05 Å². The van der Waals surface area contributed by atoms with Gasteiger partial charge in [0.2, 0.25) is 0 Å². The van der Waals surface area contributed by atoms with Crippen LogP contribution >= 0.6 is 0 Å². The molecule has 1 rings (SSSR count). The number of rotatable bonds is 2. The average molecular weight is 146 g/mol. The molecule has 2 nitrogen and oxygen atoms in total. The van der Waals surface area contributed by atoms with Crippen LogP contribution in [0.4, 0.5) is 4.39 Å². The first-order valence-corrected chi connectivity index (χ1v) is 3.78. The lowest BCUT2D eigenvalue weighted by molar-refractivity contribution is -0.858. The van der Waals surface area contributed by atoms with E-state index in [1.54, 1.807) is 0 Å². The minimum absolute atomic E-state index is 0.216. The van der Waals surface area contributed by atoms with E-state index in [2.05, 4.69) is 11.9 Å². The van der Waals surface area contributed by atoms with Gasteiger partial charge in [0.15, 0.2) is 0 Å². The fourth-order valence-electron chi connectivity index (χ4n) is 1.21. The second-order valence-electron chi connectivity index (χ2n) is 2.78. The molecule has 0 atom stereocenters. The second-order valence-corrected chi connectivity index (χ2v) is 2.78. The first-order valence-electron chi connectivity index (χ1n) is 3.78. The van der Waals surface area contributed by atoms with Crippen LogP contribution in [0.5, 0.6) is 0 Å². The van der Waals surface area contributed by atoms with E-state index in [9.17, 15) is 4.39 Å². The first kappa shape index (κ1) is 7.95. The highest BCUT2D eigenvalue weighted by atomic mass is 19.1. The topological polar surface area (TPSA) is 7.68 Å². The Labute approximate surface area is 61.6 Å². The number of nitrogens with zero attached hydrogens (tertiary/aromatic N) is 1. The van der Waals surface area contributed by atoms with Crippen molar-refractivity contribution >= 4 is 0 Å². The Morgan fingerprint density at radius 1 is 1.40 bits per heavy atom. The normalized spacial score (nSPS) is 23.4. The van der Waals surface area contributed by atoms with Gasteiger partial charge in [0.05, 0.1) is 13.1 Å². The van der Waals surface area contributed by atoms with Crippen molar-refractivity contribution in [3.63, 3.8) is 0 Å². The summed E-state index contributed by atoms with van der Waals surface area (Å²) in [4.78, 5) is 3.46. The zero-order chi connectivity index (χ0) is 7.40. The fraction of sp³-hybridized carbons (Fsp3) is 0.857.